The maximum absolute atomic E-state index is 10.6. The zero-order valence-electron chi connectivity index (χ0n) is 11.7. The fourth-order valence-electron chi connectivity index (χ4n) is 2.18. The van der Waals surface area contributed by atoms with E-state index < -0.39 is 42.2 Å². The third-order valence-electron chi connectivity index (χ3n) is 3.40. The number of aliphatic hydroxyl groups excluding tert-OH is 3. The van der Waals surface area contributed by atoms with Crippen molar-refractivity contribution in [1.82, 2.24) is 0 Å². The molecule has 1 aromatic rings. The van der Waals surface area contributed by atoms with Crippen LogP contribution < -0.4 is 4.74 Å². The molecule has 122 valence electrons. The lowest BCUT2D eigenvalue weighted by molar-refractivity contribution is -0.384. The number of hydrogen-bond donors (Lipinski definition) is 3. The molecule has 0 saturated carbocycles. The van der Waals surface area contributed by atoms with E-state index in [1.165, 1.54) is 31.4 Å². The van der Waals surface area contributed by atoms with Gasteiger partial charge >= 0.3 is 0 Å². The number of non-ortho nitro benzene ring substituents is 1. The first kappa shape index (κ1) is 16.6. The maximum atomic E-state index is 10.6. The molecule has 0 aromatic heterocycles. The van der Waals surface area contributed by atoms with Gasteiger partial charge in [0, 0.05) is 19.2 Å². The average Bonchev–Trinajstić information content (AvgIpc) is 2.51. The molecule has 1 aliphatic rings. The molecular formula is C13H17NO8. The van der Waals surface area contributed by atoms with Crippen LogP contribution in [0.4, 0.5) is 5.69 Å². The first-order valence-corrected chi connectivity index (χ1v) is 6.54. The molecule has 1 heterocycles. The highest BCUT2D eigenvalue weighted by atomic mass is 16.7. The van der Waals surface area contributed by atoms with E-state index in [0.29, 0.717) is 0 Å². The molecule has 1 aliphatic heterocycles. The van der Waals surface area contributed by atoms with Crippen LogP contribution in [0.15, 0.2) is 24.3 Å². The molecular weight excluding hydrogens is 298 g/mol. The van der Waals surface area contributed by atoms with E-state index in [9.17, 15) is 20.3 Å². The van der Waals surface area contributed by atoms with E-state index >= 15 is 0 Å². The van der Waals surface area contributed by atoms with Crippen LogP contribution in [-0.2, 0) is 9.47 Å². The van der Waals surface area contributed by atoms with Crippen LogP contribution in [0.3, 0.4) is 0 Å². The van der Waals surface area contributed by atoms with Crippen molar-refractivity contribution in [3.8, 4) is 5.75 Å². The molecule has 0 unspecified atom stereocenters. The minimum Gasteiger partial charge on any atom is -0.462 e. The molecule has 0 spiro atoms. The molecule has 1 aromatic carbocycles. The fraction of sp³-hybridized carbons (Fsp3) is 0.538. The van der Waals surface area contributed by atoms with Crippen LogP contribution in [0, 0.1) is 10.1 Å². The number of nitrogens with zero attached hydrogens (tertiary/aromatic N) is 1. The molecule has 3 N–H and O–H groups in total. The van der Waals surface area contributed by atoms with E-state index in [1.807, 2.05) is 0 Å². The molecule has 0 amide bonds. The Kier molecular flexibility index (Phi) is 5.27. The minimum atomic E-state index is -1.31. The molecule has 1 saturated heterocycles. The van der Waals surface area contributed by atoms with Crippen molar-refractivity contribution in [3.63, 3.8) is 0 Å². The highest BCUT2D eigenvalue weighted by molar-refractivity contribution is 5.36. The Labute approximate surface area is 125 Å². The number of methoxy groups -OCH3 is 1. The molecule has 0 radical (unpaired) electrons. The second kappa shape index (κ2) is 6.99. The zero-order chi connectivity index (χ0) is 16.3. The summed E-state index contributed by atoms with van der Waals surface area (Å²) in [6.45, 7) is -0.505. The van der Waals surface area contributed by atoms with Crippen molar-refractivity contribution in [3.05, 3.63) is 34.4 Å². The normalized spacial score (nSPS) is 31.7. The smallest absolute Gasteiger partial charge is 0.269 e. The number of ether oxygens (including phenoxy) is 3. The summed E-state index contributed by atoms with van der Waals surface area (Å²) in [7, 11) is 1.31. The Balaban J connectivity index is 2.13. The number of benzene rings is 1. The lowest BCUT2D eigenvalue weighted by Crippen LogP contribution is -2.60. The third kappa shape index (κ3) is 3.34. The van der Waals surface area contributed by atoms with Gasteiger partial charge in [0.25, 0.3) is 5.69 Å². The first-order chi connectivity index (χ1) is 10.5. The Morgan fingerprint density at radius 1 is 1.27 bits per heavy atom. The van der Waals surface area contributed by atoms with Gasteiger partial charge in [0.15, 0.2) is 0 Å². The summed E-state index contributed by atoms with van der Waals surface area (Å²) < 4.78 is 15.9. The quantitative estimate of drug-likeness (QED) is 0.486. The van der Waals surface area contributed by atoms with Gasteiger partial charge in [0.1, 0.15) is 30.2 Å². The largest absolute Gasteiger partial charge is 0.462 e. The number of rotatable bonds is 5. The Bertz CT molecular complexity index is 507. The van der Waals surface area contributed by atoms with Gasteiger partial charge in [0.2, 0.25) is 6.29 Å². The van der Waals surface area contributed by atoms with Crippen molar-refractivity contribution >= 4 is 5.69 Å². The monoisotopic (exact) mass is 315 g/mol. The Morgan fingerprint density at radius 3 is 2.41 bits per heavy atom. The molecule has 2 rings (SSSR count). The topological polar surface area (TPSA) is 132 Å². The second-order valence-electron chi connectivity index (χ2n) is 4.78. The zero-order valence-corrected chi connectivity index (χ0v) is 11.7. The highest BCUT2D eigenvalue weighted by Gasteiger charge is 2.45. The molecule has 5 atom stereocenters. The van der Waals surface area contributed by atoms with Crippen LogP contribution >= 0.6 is 0 Å². The molecule has 9 heteroatoms. The van der Waals surface area contributed by atoms with Gasteiger partial charge in [0.05, 0.1) is 11.5 Å². The molecule has 0 aliphatic carbocycles. The Morgan fingerprint density at radius 2 is 1.91 bits per heavy atom. The van der Waals surface area contributed by atoms with Crippen LogP contribution in [0.5, 0.6) is 5.75 Å². The molecule has 1 fully saturated rings. The summed E-state index contributed by atoms with van der Waals surface area (Å²) in [6, 6.07) is 5.27. The van der Waals surface area contributed by atoms with Crippen molar-refractivity contribution in [2.75, 3.05) is 13.7 Å². The lowest BCUT2D eigenvalue weighted by Gasteiger charge is -2.41. The molecule has 0 bridgehead atoms. The van der Waals surface area contributed by atoms with E-state index in [1.54, 1.807) is 0 Å². The minimum absolute atomic E-state index is 0.0936. The van der Waals surface area contributed by atoms with Crippen LogP contribution in [-0.4, -0.2) is 64.7 Å². The van der Waals surface area contributed by atoms with Crippen LogP contribution in [0.2, 0.25) is 0 Å². The van der Waals surface area contributed by atoms with Crippen LogP contribution in [0.1, 0.15) is 0 Å². The van der Waals surface area contributed by atoms with Gasteiger partial charge in [-0.2, -0.15) is 0 Å². The van der Waals surface area contributed by atoms with Crippen molar-refractivity contribution in [1.29, 1.82) is 0 Å². The maximum Gasteiger partial charge on any atom is 0.269 e. The van der Waals surface area contributed by atoms with E-state index in [4.69, 9.17) is 19.3 Å². The summed E-state index contributed by atoms with van der Waals surface area (Å²) in [4.78, 5) is 10.1. The van der Waals surface area contributed by atoms with E-state index in [-0.39, 0.29) is 11.4 Å². The number of hydrogen-bond acceptors (Lipinski definition) is 8. The summed E-state index contributed by atoms with van der Waals surface area (Å²) in [5, 5.41) is 39.5. The number of aliphatic hydroxyl groups is 3. The van der Waals surface area contributed by atoms with Crippen LogP contribution in [0.25, 0.3) is 0 Å². The van der Waals surface area contributed by atoms with Gasteiger partial charge < -0.3 is 29.5 Å². The van der Waals surface area contributed by atoms with Crippen molar-refractivity contribution in [2.45, 2.75) is 30.7 Å². The van der Waals surface area contributed by atoms with Crippen molar-refractivity contribution in [2.24, 2.45) is 0 Å². The highest BCUT2D eigenvalue weighted by Crippen LogP contribution is 2.26. The van der Waals surface area contributed by atoms with E-state index in [2.05, 4.69) is 0 Å². The lowest BCUT2D eigenvalue weighted by atomic mass is 9.99. The van der Waals surface area contributed by atoms with Gasteiger partial charge in [-0.1, -0.05) is 0 Å². The standard InChI is InChI=1S/C13H17NO8/c1-20-12-11(17)10(16)9(6-15)22-13(12)21-8-4-2-7(3-5-8)14(18)19/h2-5,9-13,15-17H,6H2,1H3/t9-,10-,11+,12+,13+/m1/s1. The van der Waals surface area contributed by atoms with Gasteiger partial charge in [-0.3, -0.25) is 10.1 Å². The fourth-order valence-corrected chi connectivity index (χ4v) is 2.18. The summed E-state index contributed by atoms with van der Waals surface area (Å²) >= 11 is 0. The van der Waals surface area contributed by atoms with E-state index in [0.717, 1.165) is 0 Å². The number of nitro benzene ring substituents is 1. The predicted molar refractivity (Wildman–Crippen MR) is 72.3 cm³/mol. The van der Waals surface area contributed by atoms with Gasteiger partial charge in [-0.25, -0.2) is 0 Å². The average molecular weight is 315 g/mol. The molecule has 9 nitrogen and oxygen atoms in total. The summed E-state index contributed by atoms with van der Waals surface area (Å²) in [5.41, 5.74) is -0.0936. The SMILES string of the molecule is CO[C@@H]1[C@@H](Oc2ccc([N+](=O)[O-])cc2)O[C@H](CO)[C@@H](O)[C@@H]1O. The number of nitro groups is 1. The predicted octanol–water partition coefficient (Wildman–Crippen LogP) is -0.572. The Hall–Kier alpha value is -1.78. The van der Waals surface area contributed by atoms with Gasteiger partial charge in [-0.05, 0) is 12.1 Å². The molecule has 22 heavy (non-hydrogen) atoms. The van der Waals surface area contributed by atoms with Crippen molar-refractivity contribution < 1.29 is 34.5 Å². The second-order valence-corrected chi connectivity index (χ2v) is 4.78. The summed E-state index contributed by atoms with van der Waals surface area (Å²) in [5.74, 6) is 0.262. The first-order valence-electron chi connectivity index (χ1n) is 6.54. The summed E-state index contributed by atoms with van der Waals surface area (Å²) in [6.07, 6.45) is -5.70. The van der Waals surface area contributed by atoms with Gasteiger partial charge in [-0.15, -0.1) is 0 Å². The third-order valence-corrected chi connectivity index (χ3v) is 3.40.